The molecule has 76 valence electrons. The maximum atomic E-state index is 10.5. The molecule has 2 fully saturated rings. The van der Waals surface area contributed by atoms with Gasteiger partial charge in [-0.25, -0.2) is 0 Å². The Balaban J connectivity index is 2.09. The average molecular weight is 184 g/mol. The van der Waals surface area contributed by atoms with E-state index in [2.05, 4.69) is 13.8 Å². The van der Waals surface area contributed by atoms with Crippen molar-refractivity contribution in [1.82, 2.24) is 0 Å². The molecule has 1 saturated heterocycles. The van der Waals surface area contributed by atoms with Gasteiger partial charge in [-0.1, -0.05) is 25.7 Å². The summed E-state index contributed by atoms with van der Waals surface area (Å²) in [5, 5.41) is 10.5. The largest absolute Gasteiger partial charge is 0.387 e. The van der Waals surface area contributed by atoms with E-state index in [4.69, 9.17) is 4.74 Å². The van der Waals surface area contributed by atoms with Gasteiger partial charge in [-0.15, -0.1) is 0 Å². The Morgan fingerprint density at radius 2 is 1.62 bits per heavy atom. The monoisotopic (exact) mass is 184 g/mol. The molecule has 13 heavy (non-hydrogen) atoms. The Labute approximate surface area is 80.3 Å². The molecule has 2 rings (SSSR count). The van der Waals surface area contributed by atoms with Crippen molar-refractivity contribution in [2.24, 2.45) is 0 Å². The number of rotatable bonds is 1. The highest BCUT2D eigenvalue weighted by molar-refractivity contribution is 5.11. The Morgan fingerprint density at radius 1 is 1.15 bits per heavy atom. The lowest BCUT2D eigenvalue weighted by Gasteiger charge is -2.31. The Kier molecular flexibility index (Phi) is 2.16. The molecule has 0 aromatic carbocycles. The van der Waals surface area contributed by atoms with Gasteiger partial charge in [-0.2, -0.15) is 0 Å². The van der Waals surface area contributed by atoms with Gasteiger partial charge in [0.15, 0.2) is 0 Å². The molecule has 1 heterocycles. The number of epoxide rings is 1. The average Bonchev–Trinajstić information content (AvgIpc) is 2.74. The molecule has 0 spiro atoms. The fourth-order valence-electron chi connectivity index (χ4n) is 2.63. The summed E-state index contributed by atoms with van der Waals surface area (Å²) in [7, 11) is 0. The summed E-state index contributed by atoms with van der Waals surface area (Å²) < 4.78 is 5.55. The summed E-state index contributed by atoms with van der Waals surface area (Å²) in [5.41, 5.74) is -0.778. The number of hydrogen-bond donors (Lipinski definition) is 1. The summed E-state index contributed by atoms with van der Waals surface area (Å²) >= 11 is 0. The van der Waals surface area contributed by atoms with Gasteiger partial charge in [-0.3, -0.25) is 0 Å². The molecule has 1 saturated carbocycles. The van der Waals surface area contributed by atoms with Crippen molar-refractivity contribution in [3.63, 3.8) is 0 Å². The molecule has 2 atom stereocenters. The molecule has 0 amide bonds. The third-order valence-corrected chi connectivity index (χ3v) is 3.99. The Hall–Kier alpha value is -0.0800. The molecule has 2 nitrogen and oxygen atoms in total. The van der Waals surface area contributed by atoms with Crippen LogP contribution in [-0.4, -0.2) is 22.4 Å². The first-order chi connectivity index (χ1) is 6.08. The molecule has 0 aromatic heterocycles. The summed E-state index contributed by atoms with van der Waals surface area (Å²) in [4.78, 5) is 0. The second-order valence-corrected chi connectivity index (χ2v) is 4.81. The number of ether oxygens (including phenoxy) is 1. The summed E-state index contributed by atoms with van der Waals surface area (Å²) in [6.45, 7) is 4.12. The van der Waals surface area contributed by atoms with Crippen LogP contribution >= 0.6 is 0 Å². The molecular weight excluding hydrogens is 164 g/mol. The van der Waals surface area contributed by atoms with Gasteiger partial charge in [0.05, 0.1) is 11.7 Å². The highest BCUT2D eigenvalue weighted by atomic mass is 16.6. The lowest BCUT2D eigenvalue weighted by Crippen LogP contribution is -2.44. The van der Waals surface area contributed by atoms with Crippen molar-refractivity contribution >= 4 is 0 Å². The normalized spacial score (nSPS) is 44.1. The molecular formula is C11H20O2. The van der Waals surface area contributed by atoms with Crippen molar-refractivity contribution in [3.8, 4) is 0 Å². The van der Waals surface area contributed by atoms with Gasteiger partial charge in [0, 0.05) is 0 Å². The van der Waals surface area contributed by atoms with Crippen LogP contribution in [0, 0.1) is 0 Å². The molecule has 0 aromatic rings. The van der Waals surface area contributed by atoms with Gasteiger partial charge in [0.2, 0.25) is 0 Å². The van der Waals surface area contributed by atoms with Crippen LogP contribution in [0.4, 0.5) is 0 Å². The topological polar surface area (TPSA) is 32.8 Å². The molecule has 1 N–H and O–H groups in total. The highest BCUT2D eigenvalue weighted by Gasteiger charge is 2.62. The van der Waals surface area contributed by atoms with Gasteiger partial charge < -0.3 is 9.84 Å². The molecule has 2 heteroatoms. The lowest BCUT2D eigenvalue weighted by molar-refractivity contribution is -0.0428. The maximum Gasteiger partial charge on any atom is 0.120 e. The van der Waals surface area contributed by atoms with Crippen molar-refractivity contribution in [2.45, 2.75) is 69.7 Å². The van der Waals surface area contributed by atoms with E-state index >= 15 is 0 Å². The van der Waals surface area contributed by atoms with Crippen molar-refractivity contribution in [3.05, 3.63) is 0 Å². The molecule has 0 unspecified atom stereocenters. The van der Waals surface area contributed by atoms with E-state index in [-0.39, 0.29) is 11.7 Å². The van der Waals surface area contributed by atoms with Crippen LogP contribution in [0.25, 0.3) is 0 Å². The molecule has 2 aliphatic rings. The third kappa shape index (κ3) is 1.40. The van der Waals surface area contributed by atoms with Crippen LogP contribution in [0.1, 0.15) is 52.4 Å². The van der Waals surface area contributed by atoms with Gasteiger partial charge in [-0.05, 0) is 26.7 Å². The number of hydrogen-bond acceptors (Lipinski definition) is 2. The predicted octanol–water partition coefficient (Wildman–Crippen LogP) is 2.25. The van der Waals surface area contributed by atoms with Crippen molar-refractivity contribution in [2.75, 3.05) is 0 Å². The van der Waals surface area contributed by atoms with Crippen LogP contribution < -0.4 is 0 Å². The quantitative estimate of drug-likeness (QED) is 0.501. The molecule has 1 aliphatic carbocycles. The number of aliphatic hydroxyl groups is 1. The van der Waals surface area contributed by atoms with Crippen LogP contribution in [-0.2, 0) is 4.74 Å². The van der Waals surface area contributed by atoms with Crippen LogP contribution in [0.2, 0.25) is 0 Å². The van der Waals surface area contributed by atoms with Gasteiger partial charge in [0.25, 0.3) is 0 Å². The van der Waals surface area contributed by atoms with E-state index in [0.717, 1.165) is 25.7 Å². The second-order valence-electron chi connectivity index (χ2n) is 4.81. The van der Waals surface area contributed by atoms with Crippen LogP contribution in [0.15, 0.2) is 0 Å². The minimum atomic E-state index is -0.539. The van der Waals surface area contributed by atoms with E-state index < -0.39 is 5.60 Å². The first-order valence-electron chi connectivity index (χ1n) is 5.49. The van der Waals surface area contributed by atoms with Gasteiger partial charge in [0.1, 0.15) is 5.60 Å². The van der Waals surface area contributed by atoms with Crippen molar-refractivity contribution in [1.29, 1.82) is 0 Å². The molecule has 0 radical (unpaired) electrons. The summed E-state index contributed by atoms with van der Waals surface area (Å²) in [6, 6.07) is 0. The molecule has 1 aliphatic heterocycles. The third-order valence-electron chi connectivity index (χ3n) is 3.99. The first-order valence-corrected chi connectivity index (χ1v) is 5.49. The SMILES string of the molecule is C[C@@H]1O[C@]1(C)C1(O)CCCCCC1. The fraction of sp³-hybridized carbons (Fsp3) is 1.00. The minimum absolute atomic E-state index is 0.239. The van der Waals surface area contributed by atoms with Gasteiger partial charge >= 0.3 is 0 Å². The highest BCUT2D eigenvalue weighted by Crippen LogP contribution is 2.50. The molecule has 0 bridgehead atoms. The lowest BCUT2D eigenvalue weighted by atomic mass is 9.80. The summed E-state index contributed by atoms with van der Waals surface area (Å²) in [6.07, 6.45) is 6.95. The van der Waals surface area contributed by atoms with Crippen molar-refractivity contribution < 1.29 is 9.84 Å². The summed E-state index contributed by atoms with van der Waals surface area (Å²) in [5.74, 6) is 0. The fourth-order valence-corrected chi connectivity index (χ4v) is 2.63. The first kappa shape index (κ1) is 9.47. The predicted molar refractivity (Wildman–Crippen MR) is 51.6 cm³/mol. The van der Waals surface area contributed by atoms with E-state index in [1.54, 1.807) is 0 Å². The zero-order valence-electron chi connectivity index (χ0n) is 8.68. The maximum absolute atomic E-state index is 10.5. The van der Waals surface area contributed by atoms with E-state index in [1.807, 2.05) is 0 Å². The van der Waals surface area contributed by atoms with E-state index in [1.165, 1.54) is 12.8 Å². The standard InChI is InChI=1S/C11H20O2/c1-9-10(2,13-9)11(12)7-5-3-4-6-8-11/h9,12H,3-8H2,1-2H3/t9-,10-/m0/s1. The van der Waals surface area contributed by atoms with E-state index in [9.17, 15) is 5.11 Å². The Morgan fingerprint density at radius 3 is 2.00 bits per heavy atom. The van der Waals surface area contributed by atoms with Crippen LogP contribution in [0.3, 0.4) is 0 Å². The van der Waals surface area contributed by atoms with E-state index in [0.29, 0.717) is 0 Å². The minimum Gasteiger partial charge on any atom is -0.387 e. The Bertz CT molecular complexity index is 194. The van der Waals surface area contributed by atoms with Crippen LogP contribution in [0.5, 0.6) is 0 Å². The second kappa shape index (κ2) is 2.96. The zero-order chi connectivity index (χ0) is 9.53. The smallest absolute Gasteiger partial charge is 0.120 e. The zero-order valence-corrected chi connectivity index (χ0v) is 8.68.